The van der Waals surface area contributed by atoms with Gasteiger partial charge in [0.05, 0.1) is 11.5 Å². The van der Waals surface area contributed by atoms with Gasteiger partial charge in [0.15, 0.2) is 0 Å². The van der Waals surface area contributed by atoms with Gasteiger partial charge in [0.25, 0.3) is 5.91 Å². The SMILES string of the molecule is O=C(NN1CCC(C(F)(F)F)CC1)c1cccnc1. The molecule has 0 radical (unpaired) electrons. The number of amides is 1. The zero-order valence-electron chi connectivity index (χ0n) is 10.2. The van der Waals surface area contributed by atoms with Gasteiger partial charge in [0.2, 0.25) is 0 Å². The number of nitrogens with one attached hydrogen (secondary N) is 1. The van der Waals surface area contributed by atoms with Crippen LogP contribution in [-0.4, -0.2) is 35.2 Å². The largest absolute Gasteiger partial charge is 0.391 e. The number of hydrogen-bond acceptors (Lipinski definition) is 3. The number of halogens is 3. The van der Waals surface area contributed by atoms with E-state index in [-0.39, 0.29) is 31.8 Å². The molecule has 0 atom stereocenters. The van der Waals surface area contributed by atoms with E-state index in [9.17, 15) is 18.0 Å². The van der Waals surface area contributed by atoms with E-state index in [1.165, 1.54) is 11.2 Å². The maximum atomic E-state index is 12.5. The highest BCUT2D eigenvalue weighted by Crippen LogP contribution is 2.33. The molecule has 0 aromatic carbocycles. The van der Waals surface area contributed by atoms with Crippen LogP contribution >= 0.6 is 0 Å². The minimum absolute atomic E-state index is 0.0107. The van der Waals surface area contributed by atoms with Crippen LogP contribution in [0.25, 0.3) is 0 Å². The van der Waals surface area contributed by atoms with E-state index in [2.05, 4.69) is 10.4 Å². The molecule has 1 saturated heterocycles. The zero-order valence-corrected chi connectivity index (χ0v) is 10.2. The van der Waals surface area contributed by atoms with Gasteiger partial charge in [-0.3, -0.25) is 15.2 Å². The molecule has 0 unspecified atom stereocenters. The summed E-state index contributed by atoms with van der Waals surface area (Å²) < 4.78 is 37.4. The third-order valence-corrected chi connectivity index (χ3v) is 3.14. The summed E-state index contributed by atoms with van der Waals surface area (Å²) >= 11 is 0. The van der Waals surface area contributed by atoms with Gasteiger partial charge in [0, 0.05) is 25.5 Å². The van der Waals surface area contributed by atoms with Crippen molar-refractivity contribution in [1.29, 1.82) is 0 Å². The Hall–Kier alpha value is -1.63. The number of carbonyl (C=O) groups excluding carboxylic acids is 1. The van der Waals surface area contributed by atoms with Crippen LogP contribution in [0.3, 0.4) is 0 Å². The van der Waals surface area contributed by atoms with Gasteiger partial charge < -0.3 is 0 Å². The molecule has 1 fully saturated rings. The number of aromatic nitrogens is 1. The summed E-state index contributed by atoms with van der Waals surface area (Å²) in [7, 11) is 0. The molecule has 2 heterocycles. The number of rotatable bonds is 2. The second kappa shape index (κ2) is 5.56. The summed E-state index contributed by atoms with van der Waals surface area (Å²) in [6, 6.07) is 3.23. The minimum Gasteiger partial charge on any atom is -0.285 e. The molecule has 7 heteroatoms. The van der Waals surface area contributed by atoms with Gasteiger partial charge in [-0.1, -0.05) is 0 Å². The molecule has 0 saturated carbocycles. The monoisotopic (exact) mass is 273 g/mol. The molecule has 1 N–H and O–H groups in total. The third-order valence-electron chi connectivity index (χ3n) is 3.14. The molecule has 1 aromatic heterocycles. The third kappa shape index (κ3) is 3.66. The van der Waals surface area contributed by atoms with E-state index in [1.807, 2.05) is 0 Å². The first-order chi connectivity index (χ1) is 8.97. The fraction of sp³-hybridized carbons (Fsp3) is 0.500. The Morgan fingerprint density at radius 1 is 1.37 bits per heavy atom. The van der Waals surface area contributed by atoms with E-state index in [4.69, 9.17) is 0 Å². The molecule has 0 spiro atoms. The van der Waals surface area contributed by atoms with Crippen molar-refractivity contribution in [1.82, 2.24) is 15.4 Å². The van der Waals surface area contributed by atoms with Gasteiger partial charge in [-0.05, 0) is 25.0 Å². The summed E-state index contributed by atoms with van der Waals surface area (Å²) in [4.78, 5) is 15.6. The van der Waals surface area contributed by atoms with Crippen molar-refractivity contribution in [2.24, 2.45) is 5.92 Å². The predicted octanol–water partition coefficient (Wildman–Crippen LogP) is 2.00. The number of hydrogen-bond donors (Lipinski definition) is 1. The van der Waals surface area contributed by atoms with Crippen LogP contribution in [0.5, 0.6) is 0 Å². The Balaban J connectivity index is 1.85. The van der Waals surface area contributed by atoms with Crippen molar-refractivity contribution in [3.05, 3.63) is 30.1 Å². The summed E-state index contributed by atoms with van der Waals surface area (Å²) in [6.07, 6.45) is -1.16. The first kappa shape index (κ1) is 13.8. The molecule has 1 aromatic rings. The summed E-state index contributed by atoms with van der Waals surface area (Å²) in [5, 5.41) is 1.53. The van der Waals surface area contributed by atoms with Gasteiger partial charge in [0.1, 0.15) is 0 Å². The molecule has 2 rings (SSSR count). The number of alkyl halides is 3. The predicted molar refractivity (Wildman–Crippen MR) is 62.1 cm³/mol. The molecular weight excluding hydrogens is 259 g/mol. The van der Waals surface area contributed by atoms with Crippen molar-refractivity contribution in [2.75, 3.05) is 13.1 Å². The van der Waals surface area contributed by atoms with Crippen LogP contribution in [0.4, 0.5) is 13.2 Å². The van der Waals surface area contributed by atoms with Crippen LogP contribution in [-0.2, 0) is 0 Å². The summed E-state index contributed by atoms with van der Waals surface area (Å²) in [5.41, 5.74) is 2.98. The van der Waals surface area contributed by atoms with Crippen molar-refractivity contribution >= 4 is 5.91 Å². The molecular formula is C12H14F3N3O. The first-order valence-corrected chi connectivity index (χ1v) is 5.99. The Bertz CT molecular complexity index is 428. The smallest absolute Gasteiger partial charge is 0.285 e. The van der Waals surface area contributed by atoms with E-state index in [0.29, 0.717) is 5.56 Å². The van der Waals surface area contributed by atoms with Crippen molar-refractivity contribution in [3.8, 4) is 0 Å². The maximum absolute atomic E-state index is 12.5. The molecule has 0 aliphatic carbocycles. The standard InChI is InChI=1S/C12H14F3N3O/c13-12(14,15)10-3-6-18(7-4-10)17-11(19)9-2-1-5-16-8-9/h1-2,5,8,10H,3-4,6-7H2,(H,17,19). The van der Waals surface area contributed by atoms with Crippen molar-refractivity contribution in [2.45, 2.75) is 19.0 Å². The van der Waals surface area contributed by atoms with Crippen LogP contribution in [0.1, 0.15) is 23.2 Å². The fourth-order valence-electron chi connectivity index (χ4n) is 2.02. The number of nitrogens with zero attached hydrogens (tertiary/aromatic N) is 2. The fourth-order valence-corrected chi connectivity index (χ4v) is 2.02. The zero-order chi connectivity index (χ0) is 13.9. The lowest BCUT2D eigenvalue weighted by atomic mass is 9.97. The van der Waals surface area contributed by atoms with E-state index < -0.39 is 12.1 Å². The number of pyridine rings is 1. The average Bonchev–Trinajstić information content (AvgIpc) is 2.39. The average molecular weight is 273 g/mol. The second-order valence-corrected chi connectivity index (χ2v) is 4.49. The molecule has 104 valence electrons. The molecule has 1 aliphatic heterocycles. The van der Waals surface area contributed by atoms with Crippen molar-refractivity contribution in [3.63, 3.8) is 0 Å². The highest BCUT2D eigenvalue weighted by atomic mass is 19.4. The molecule has 1 aliphatic rings. The topological polar surface area (TPSA) is 45.2 Å². The van der Waals surface area contributed by atoms with E-state index in [0.717, 1.165) is 0 Å². The summed E-state index contributed by atoms with van der Waals surface area (Å²) in [5.74, 6) is -1.61. The van der Waals surface area contributed by atoms with Crippen molar-refractivity contribution < 1.29 is 18.0 Å². The van der Waals surface area contributed by atoms with E-state index in [1.54, 1.807) is 18.3 Å². The van der Waals surface area contributed by atoms with Crippen LogP contribution in [0.2, 0.25) is 0 Å². The molecule has 19 heavy (non-hydrogen) atoms. The van der Waals surface area contributed by atoms with Crippen LogP contribution in [0.15, 0.2) is 24.5 Å². The molecule has 0 bridgehead atoms. The lowest BCUT2D eigenvalue weighted by Crippen LogP contribution is -2.48. The second-order valence-electron chi connectivity index (χ2n) is 4.49. The lowest BCUT2D eigenvalue weighted by molar-refractivity contribution is -0.186. The van der Waals surface area contributed by atoms with Gasteiger partial charge in [-0.25, -0.2) is 5.01 Å². The number of carbonyl (C=O) groups is 1. The normalized spacial score (nSPS) is 18.3. The quantitative estimate of drug-likeness (QED) is 0.896. The van der Waals surface area contributed by atoms with Gasteiger partial charge >= 0.3 is 6.18 Å². The van der Waals surface area contributed by atoms with Gasteiger partial charge in [-0.2, -0.15) is 13.2 Å². The highest BCUT2D eigenvalue weighted by Gasteiger charge is 2.41. The Kier molecular flexibility index (Phi) is 4.04. The Labute approximate surface area is 108 Å². The van der Waals surface area contributed by atoms with E-state index >= 15 is 0 Å². The first-order valence-electron chi connectivity index (χ1n) is 5.99. The lowest BCUT2D eigenvalue weighted by Gasteiger charge is -2.32. The summed E-state index contributed by atoms with van der Waals surface area (Å²) in [6.45, 7) is 0.409. The molecule has 1 amide bonds. The molecule has 4 nitrogen and oxygen atoms in total. The van der Waals surface area contributed by atoms with Gasteiger partial charge in [-0.15, -0.1) is 0 Å². The Morgan fingerprint density at radius 2 is 2.05 bits per heavy atom. The highest BCUT2D eigenvalue weighted by molar-refractivity contribution is 5.93. The van der Waals surface area contributed by atoms with Crippen LogP contribution < -0.4 is 5.43 Å². The number of piperidine rings is 1. The Morgan fingerprint density at radius 3 is 2.58 bits per heavy atom. The van der Waals surface area contributed by atoms with Crippen LogP contribution in [0, 0.1) is 5.92 Å². The minimum atomic E-state index is -4.14. The maximum Gasteiger partial charge on any atom is 0.391 e. The number of hydrazine groups is 1.